The van der Waals surface area contributed by atoms with E-state index in [1.807, 2.05) is 0 Å². The fraction of sp³-hybridized carbons (Fsp3) is 0.294. The van der Waals surface area contributed by atoms with Crippen molar-refractivity contribution in [3.05, 3.63) is 36.1 Å². The lowest BCUT2D eigenvalue weighted by molar-refractivity contribution is -0.142. The Morgan fingerprint density at radius 3 is 2.37 bits per heavy atom. The average Bonchev–Trinajstić information content (AvgIpc) is 3.05. The Morgan fingerprint density at radius 1 is 1.11 bits per heavy atom. The molecule has 0 saturated carbocycles. The second-order valence-electron chi connectivity index (χ2n) is 5.30. The van der Waals surface area contributed by atoms with Gasteiger partial charge in [-0.1, -0.05) is 5.16 Å². The molecule has 1 aromatic carbocycles. The molecule has 2 N–H and O–H groups in total. The molecule has 0 atom stereocenters. The predicted octanol–water partition coefficient (Wildman–Crippen LogP) is 1.85. The zero-order chi connectivity index (χ0) is 19.6. The molecule has 0 bridgehead atoms. The number of nitrogens with zero attached hydrogens (tertiary/aromatic N) is 1. The number of hydrogen-bond donors (Lipinski definition) is 2. The smallest absolute Gasteiger partial charge is 0.343 e. The average molecular weight is 393 g/mol. The van der Waals surface area contributed by atoms with Crippen molar-refractivity contribution < 1.29 is 28.4 Å². The molecule has 27 heavy (non-hydrogen) atoms. The fourth-order valence-electron chi connectivity index (χ4n) is 1.87. The number of aryl methyl sites for hydroxylation is 1. The van der Waals surface area contributed by atoms with E-state index in [9.17, 15) is 14.4 Å². The Hall–Kier alpha value is -3.01. The maximum absolute atomic E-state index is 11.9. The standard InChI is InChI=1S/C17H19N3O6S/c1-11-7-14(20-26-11)19-16(22)10-27-9-15(21)18-12-3-5-13(6-4-12)25-8-17(23)24-2/h3-7H,8-10H2,1-2H3,(H,18,21)(H,19,20,22). The first kappa shape index (κ1) is 20.3. The van der Waals surface area contributed by atoms with E-state index in [1.165, 1.54) is 18.9 Å². The van der Waals surface area contributed by atoms with Crippen molar-refractivity contribution >= 4 is 41.1 Å². The molecule has 0 spiro atoms. The van der Waals surface area contributed by atoms with Crippen LogP contribution >= 0.6 is 11.8 Å². The number of aromatic nitrogens is 1. The lowest BCUT2D eigenvalue weighted by Crippen LogP contribution is -2.18. The molecule has 0 aliphatic rings. The van der Waals surface area contributed by atoms with Crippen molar-refractivity contribution in [2.24, 2.45) is 0 Å². The second-order valence-corrected chi connectivity index (χ2v) is 6.29. The number of benzene rings is 1. The molecular weight excluding hydrogens is 374 g/mol. The van der Waals surface area contributed by atoms with Gasteiger partial charge >= 0.3 is 5.97 Å². The highest BCUT2D eigenvalue weighted by Gasteiger charge is 2.09. The normalized spacial score (nSPS) is 10.1. The van der Waals surface area contributed by atoms with Gasteiger partial charge in [0, 0.05) is 11.8 Å². The van der Waals surface area contributed by atoms with E-state index in [1.54, 1.807) is 37.3 Å². The summed E-state index contributed by atoms with van der Waals surface area (Å²) >= 11 is 1.17. The van der Waals surface area contributed by atoms with Crippen LogP contribution in [0.4, 0.5) is 11.5 Å². The van der Waals surface area contributed by atoms with Crippen molar-refractivity contribution in [1.29, 1.82) is 0 Å². The summed E-state index contributed by atoms with van der Waals surface area (Å²) in [5.74, 6) is 0.656. The fourth-order valence-corrected chi connectivity index (χ4v) is 2.49. The van der Waals surface area contributed by atoms with Gasteiger partial charge in [0.05, 0.1) is 18.6 Å². The van der Waals surface area contributed by atoms with Crippen LogP contribution in [0.15, 0.2) is 34.9 Å². The summed E-state index contributed by atoms with van der Waals surface area (Å²) in [6.45, 7) is 1.54. The number of nitrogens with one attached hydrogen (secondary N) is 2. The molecular formula is C17H19N3O6S. The van der Waals surface area contributed by atoms with Crippen LogP contribution < -0.4 is 15.4 Å². The summed E-state index contributed by atoms with van der Waals surface area (Å²) in [5, 5.41) is 8.94. The van der Waals surface area contributed by atoms with Crippen LogP contribution in [-0.2, 0) is 19.1 Å². The summed E-state index contributed by atoms with van der Waals surface area (Å²) in [6, 6.07) is 8.15. The van der Waals surface area contributed by atoms with Crippen LogP contribution in [0.3, 0.4) is 0 Å². The van der Waals surface area contributed by atoms with E-state index >= 15 is 0 Å². The summed E-state index contributed by atoms with van der Waals surface area (Å²) < 4.78 is 14.5. The summed E-state index contributed by atoms with van der Waals surface area (Å²) in [4.78, 5) is 34.7. The Bertz CT molecular complexity index is 790. The zero-order valence-electron chi connectivity index (χ0n) is 14.8. The minimum Gasteiger partial charge on any atom is -0.482 e. The summed E-state index contributed by atoms with van der Waals surface area (Å²) in [5.41, 5.74) is 0.577. The van der Waals surface area contributed by atoms with Crippen molar-refractivity contribution in [2.75, 3.05) is 35.9 Å². The second kappa shape index (κ2) is 10.2. The summed E-state index contributed by atoms with van der Waals surface area (Å²) in [7, 11) is 1.28. The lowest BCUT2D eigenvalue weighted by Gasteiger charge is -2.07. The van der Waals surface area contributed by atoms with Crippen LogP contribution in [0, 0.1) is 6.92 Å². The number of amides is 2. The third-order valence-electron chi connectivity index (χ3n) is 3.08. The Kier molecular flexibility index (Phi) is 7.68. The van der Waals surface area contributed by atoms with Crippen molar-refractivity contribution in [1.82, 2.24) is 5.16 Å². The third kappa shape index (κ3) is 7.40. The van der Waals surface area contributed by atoms with Gasteiger partial charge in [0.25, 0.3) is 0 Å². The SMILES string of the molecule is COC(=O)COc1ccc(NC(=O)CSCC(=O)Nc2cc(C)on2)cc1. The molecule has 2 aromatic rings. The molecule has 0 radical (unpaired) electrons. The molecule has 1 heterocycles. The van der Waals surface area contributed by atoms with E-state index < -0.39 is 5.97 Å². The van der Waals surface area contributed by atoms with Gasteiger partial charge in [0.2, 0.25) is 11.8 Å². The van der Waals surface area contributed by atoms with Gasteiger partial charge < -0.3 is 24.6 Å². The van der Waals surface area contributed by atoms with E-state index in [4.69, 9.17) is 9.26 Å². The number of esters is 1. The number of ether oxygens (including phenoxy) is 2. The van der Waals surface area contributed by atoms with Gasteiger partial charge in [-0.05, 0) is 31.2 Å². The van der Waals surface area contributed by atoms with Gasteiger partial charge in [-0.15, -0.1) is 11.8 Å². The Balaban J connectivity index is 1.67. The third-order valence-corrected chi connectivity index (χ3v) is 4.02. The van der Waals surface area contributed by atoms with Crippen LogP contribution in [0.5, 0.6) is 5.75 Å². The van der Waals surface area contributed by atoms with Gasteiger partial charge in [-0.2, -0.15) is 0 Å². The first-order chi connectivity index (χ1) is 13.0. The molecule has 0 aliphatic heterocycles. The molecule has 0 aliphatic carbocycles. The van der Waals surface area contributed by atoms with E-state index in [-0.39, 0.29) is 29.9 Å². The van der Waals surface area contributed by atoms with Gasteiger partial charge in [0.15, 0.2) is 12.4 Å². The number of hydrogen-bond acceptors (Lipinski definition) is 8. The number of carbonyl (C=O) groups excluding carboxylic acids is 3. The molecule has 2 amide bonds. The molecule has 0 saturated heterocycles. The topological polar surface area (TPSA) is 120 Å². The molecule has 1 aromatic heterocycles. The number of thioether (sulfide) groups is 1. The monoisotopic (exact) mass is 393 g/mol. The van der Waals surface area contributed by atoms with Crippen LogP contribution in [-0.4, -0.2) is 48.2 Å². The Labute approximate surface area is 159 Å². The highest BCUT2D eigenvalue weighted by Crippen LogP contribution is 2.16. The molecule has 0 fully saturated rings. The predicted molar refractivity (Wildman–Crippen MR) is 99.8 cm³/mol. The molecule has 144 valence electrons. The quantitative estimate of drug-likeness (QED) is 0.620. The van der Waals surface area contributed by atoms with E-state index in [2.05, 4.69) is 20.5 Å². The van der Waals surface area contributed by atoms with Crippen LogP contribution in [0.25, 0.3) is 0 Å². The van der Waals surface area contributed by atoms with Crippen LogP contribution in [0.1, 0.15) is 5.76 Å². The summed E-state index contributed by atoms with van der Waals surface area (Å²) in [6.07, 6.45) is 0. The molecule has 10 heteroatoms. The van der Waals surface area contributed by atoms with E-state index in [0.29, 0.717) is 23.0 Å². The van der Waals surface area contributed by atoms with E-state index in [0.717, 1.165) is 0 Å². The van der Waals surface area contributed by atoms with Crippen LogP contribution in [0.2, 0.25) is 0 Å². The number of anilines is 2. The minimum atomic E-state index is -0.480. The maximum atomic E-state index is 11.9. The highest BCUT2D eigenvalue weighted by atomic mass is 32.2. The molecule has 9 nitrogen and oxygen atoms in total. The Morgan fingerprint density at radius 2 is 1.78 bits per heavy atom. The van der Waals surface area contributed by atoms with Gasteiger partial charge in [0.1, 0.15) is 11.5 Å². The van der Waals surface area contributed by atoms with Gasteiger partial charge in [-0.25, -0.2) is 4.79 Å². The van der Waals surface area contributed by atoms with Crippen molar-refractivity contribution in [3.8, 4) is 5.75 Å². The zero-order valence-corrected chi connectivity index (χ0v) is 15.6. The minimum absolute atomic E-state index is 0.111. The first-order valence-corrected chi connectivity index (χ1v) is 9.02. The maximum Gasteiger partial charge on any atom is 0.343 e. The first-order valence-electron chi connectivity index (χ1n) is 7.86. The highest BCUT2D eigenvalue weighted by molar-refractivity contribution is 8.00. The number of rotatable bonds is 9. The van der Waals surface area contributed by atoms with Gasteiger partial charge in [-0.3, -0.25) is 9.59 Å². The number of carbonyl (C=O) groups is 3. The number of methoxy groups -OCH3 is 1. The molecule has 2 rings (SSSR count). The molecule has 0 unspecified atom stereocenters. The lowest BCUT2D eigenvalue weighted by atomic mass is 10.3. The van der Waals surface area contributed by atoms with Crippen molar-refractivity contribution in [2.45, 2.75) is 6.92 Å². The largest absolute Gasteiger partial charge is 0.482 e. The van der Waals surface area contributed by atoms with Crippen molar-refractivity contribution in [3.63, 3.8) is 0 Å².